The molecule has 0 spiro atoms. The Kier molecular flexibility index (Phi) is 3.48. The minimum absolute atomic E-state index is 0.215. The van der Waals surface area contributed by atoms with Gasteiger partial charge >= 0.3 is 0 Å². The van der Waals surface area contributed by atoms with E-state index >= 15 is 0 Å². The third-order valence-corrected chi connectivity index (χ3v) is 4.52. The average Bonchev–Trinajstić information content (AvgIpc) is 3.22. The molecule has 0 atom stereocenters. The van der Waals surface area contributed by atoms with E-state index in [4.69, 9.17) is 0 Å². The van der Waals surface area contributed by atoms with Crippen molar-refractivity contribution in [2.75, 3.05) is 18.0 Å². The van der Waals surface area contributed by atoms with Crippen LogP contribution >= 0.6 is 0 Å². The summed E-state index contributed by atoms with van der Waals surface area (Å²) in [6.45, 7) is 4.07. The lowest BCUT2D eigenvalue weighted by Crippen LogP contribution is -2.17. The molecule has 3 heterocycles. The van der Waals surface area contributed by atoms with Gasteiger partial charge in [-0.2, -0.15) is 5.10 Å². The molecule has 0 amide bonds. The summed E-state index contributed by atoms with van der Waals surface area (Å²) in [5, 5.41) is 4.54. The standard InChI is InChI=1S/C18H19FN4/c1-2-14-17(21-23-11-5-8-20-18(14)23)15-7-6-13(12-16(15)19)22-9-3-4-10-22/h5-8,11-12H,2-4,9-10H2,1H3. The van der Waals surface area contributed by atoms with Crippen LogP contribution in [-0.4, -0.2) is 27.7 Å². The highest BCUT2D eigenvalue weighted by atomic mass is 19.1. The van der Waals surface area contributed by atoms with E-state index in [2.05, 4.69) is 15.0 Å². The molecular weight excluding hydrogens is 291 g/mol. The van der Waals surface area contributed by atoms with Gasteiger partial charge in [0.15, 0.2) is 5.65 Å². The molecule has 0 bridgehead atoms. The number of hydrogen-bond acceptors (Lipinski definition) is 3. The van der Waals surface area contributed by atoms with E-state index in [-0.39, 0.29) is 5.82 Å². The molecule has 4 nitrogen and oxygen atoms in total. The van der Waals surface area contributed by atoms with Crippen LogP contribution in [0.3, 0.4) is 0 Å². The molecule has 1 saturated heterocycles. The number of aryl methyl sites for hydroxylation is 1. The fourth-order valence-electron chi connectivity index (χ4n) is 3.34. The molecule has 5 heteroatoms. The van der Waals surface area contributed by atoms with Crippen LogP contribution in [-0.2, 0) is 6.42 Å². The summed E-state index contributed by atoms with van der Waals surface area (Å²) < 4.78 is 16.5. The molecule has 0 N–H and O–H groups in total. The van der Waals surface area contributed by atoms with Gasteiger partial charge in [-0.25, -0.2) is 13.9 Å². The summed E-state index contributed by atoms with van der Waals surface area (Å²) in [6, 6.07) is 7.32. The van der Waals surface area contributed by atoms with Crippen LogP contribution in [0.5, 0.6) is 0 Å². The summed E-state index contributed by atoms with van der Waals surface area (Å²) in [5.41, 5.74) is 3.99. The highest BCUT2D eigenvalue weighted by Gasteiger charge is 2.19. The van der Waals surface area contributed by atoms with Crippen molar-refractivity contribution in [1.29, 1.82) is 0 Å². The van der Waals surface area contributed by atoms with Crippen molar-refractivity contribution in [3.05, 3.63) is 48.0 Å². The smallest absolute Gasteiger partial charge is 0.158 e. The number of anilines is 1. The molecule has 0 saturated carbocycles. The predicted molar refractivity (Wildman–Crippen MR) is 89.2 cm³/mol. The quantitative estimate of drug-likeness (QED) is 0.739. The first-order chi connectivity index (χ1) is 11.3. The number of benzene rings is 1. The van der Waals surface area contributed by atoms with Gasteiger partial charge in [-0.15, -0.1) is 0 Å². The maximum atomic E-state index is 14.7. The maximum absolute atomic E-state index is 14.7. The van der Waals surface area contributed by atoms with E-state index in [9.17, 15) is 4.39 Å². The Morgan fingerprint density at radius 2 is 2.04 bits per heavy atom. The lowest BCUT2D eigenvalue weighted by Gasteiger charge is -2.18. The highest BCUT2D eigenvalue weighted by Crippen LogP contribution is 2.31. The topological polar surface area (TPSA) is 33.4 Å². The summed E-state index contributed by atoms with van der Waals surface area (Å²) >= 11 is 0. The van der Waals surface area contributed by atoms with Crippen molar-refractivity contribution < 1.29 is 4.39 Å². The van der Waals surface area contributed by atoms with Crippen LogP contribution in [0.2, 0.25) is 0 Å². The van der Waals surface area contributed by atoms with Crippen molar-refractivity contribution >= 4 is 11.3 Å². The minimum atomic E-state index is -0.215. The van der Waals surface area contributed by atoms with E-state index in [0.29, 0.717) is 11.3 Å². The minimum Gasteiger partial charge on any atom is -0.371 e. The largest absolute Gasteiger partial charge is 0.371 e. The van der Waals surface area contributed by atoms with Gasteiger partial charge < -0.3 is 4.90 Å². The molecule has 0 aliphatic carbocycles. The molecule has 0 radical (unpaired) electrons. The van der Waals surface area contributed by atoms with Crippen LogP contribution in [0.25, 0.3) is 16.9 Å². The molecule has 1 aromatic carbocycles. The van der Waals surface area contributed by atoms with Gasteiger partial charge in [0.05, 0.1) is 0 Å². The Balaban J connectivity index is 1.81. The predicted octanol–water partition coefficient (Wildman–Crippen LogP) is 3.70. The van der Waals surface area contributed by atoms with Crippen LogP contribution in [0.15, 0.2) is 36.7 Å². The molecule has 1 aliphatic rings. The molecule has 2 aromatic heterocycles. The lowest BCUT2D eigenvalue weighted by molar-refractivity contribution is 0.629. The Morgan fingerprint density at radius 1 is 1.22 bits per heavy atom. The van der Waals surface area contributed by atoms with E-state index in [0.717, 1.165) is 36.4 Å². The molecule has 3 aromatic rings. The van der Waals surface area contributed by atoms with Crippen molar-refractivity contribution in [3.63, 3.8) is 0 Å². The van der Waals surface area contributed by atoms with E-state index < -0.39 is 0 Å². The summed E-state index contributed by atoms with van der Waals surface area (Å²) in [7, 11) is 0. The SMILES string of the molecule is CCc1c(-c2ccc(N3CCCC3)cc2F)nn2cccnc12. The summed E-state index contributed by atoms with van der Waals surface area (Å²) in [5.74, 6) is -0.215. The zero-order valence-electron chi connectivity index (χ0n) is 13.2. The Hall–Kier alpha value is -2.43. The second-order valence-electron chi connectivity index (χ2n) is 5.93. The fourth-order valence-corrected chi connectivity index (χ4v) is 3.34. The van der Waals surface area contributed by atoms with Gasteiger partial charge in [0.2, 0.25) is 0 Å². The Morgan fingerprint density at radius 3 is 2.78 bits per heavy atom. The van der Waals surface area contributed by atoms with Crippen molar-refractivity contribution in [2.45, 2.75) is 26.2 Å². The van der Waals surface area contributed by atoms with Crippen LogP contribution < -0.4 is 4.90 Å². The zero-order valence-corrected chi connectivity index (χ0v) is 13.2. The normalized spacial score (nSPS) is 14.8. The third kappa shape index (κ3) is 2.36. The Labute approximate surface area is 134 Å². The number of hydrogen-bond donors (Lipinski definition) is 0. The molecule has 0 unspecified atom stereocenters. The highest BCUT2D eigenvalue weighted by molar-refractivity contribution is 5.72. The number of nitrogens with zero attached hydrogens (tertiary/aromatic N) is 4. The first-order valence-electron chi connectivity index (χ1n) is 8.15. The first-order valence-corrected chi connectivity index (χ1v) is 8.15. The van der Waals surface area contributed by atoms with Crippen molar-refractivity contribution in [2.24, 2.45) is 0 Å². The van der Waals surface area contributed by atoms with Gasteiger partial charge in [0.1, 0.15) is 11.5 Å². The monoisotopic (exact) mass is 310 g/mol. The number of rotatable bonds is 3. The molecule has 1 fully saturated rings. The van der Waals surface area contributed by atoms with Gasteiger partial charge in [-0.1, -0.05) is 6.92 Å². The van der Waals surface area contributed by atoms with E-state index in [1.807, 2.05) is 31.3 Å². The molecule has 1 aliphatic heterocycles. The first kappa shape index (κ1) is 14.2. The fraction of sp³-hybridized carbons (Fsp3) is 0.333. The zero-order chi connectivity index (χ0) is 15.8. The van der Waals surface area contributed by atoms with Gasteiger partial charge in [0, 0.05) is 42.3 Å². The average molecular weight is 310 g/mol. The summed E-state index contributed by atoms with van der Waals surface area (Å²) in [6.07, 6.45) is 6.72. The van der Waals surface area contributed by atoms with E-state index in [1.54, 1.807) is 16.8 Å². The number of fused-ring (bicyclic) bond motifs is 1. The number of aromatic nitrogens is 3. The Bertz CT molecular complexity index is 849. The van der Waals surface area contributed by atoms with Gasteiger partial charge in [-0.3, -0.25) is 0 Å². The van der Waals surface area contributed by atoms with Crippen molar-refractivity contribution in [1.82, 2.24) is 14.6 Å². The van der Waals surface area contributed by atoms with Crippen LogP contribution in [0, 0.1) is 5.82 Å². The van der Waals surface area contributed by atoms with Gasteiger partial charge in [-0.05, 0) is 43.5 Å². The van der Waals surface area contributed by atoms with Gasteiger partial charge in [0.25, 0.3) is 0 Å². The van der Waals surface area contributed by atoms with Crippen LogP contribution in [0.4, 0.5) is 10.1 Å². The molecule has 23 heavy (non-hydrogen) atoms. The third-order valence-electron chi connectivity index (χ3n) is 4.52. The number of halogens is 1. The van der Waals surface area contributed by atoms with Crippen LogP contribution in [0.1, 0.15) is 25.3 Å². The molecular formula is C18H19FN4. The maximum Gasteiger partial charge on any atom is 0.158 e. The second-order valence-corrected chi connectivity index (χ2v) is 5.93. The van der Waals surface area contributed by atoms with Crippen molar-refractivity contribution in [3.8, 4) is 11.3 Å². The summed E-state index contributed by atoms with van der Waals surface area (Å²) in [4.78, 5) is 6.61. The molecule has 118 valence electrons. The lowest BCUT2D eigenvalue weighted by atomic mass is 10.0. The van der Waals surface area contributed by atoms with E-state index in [1.165, 1.54) is 12.8 Å². The molecule has 4 rings (SSSR count). The second kappa shape index (κ2) is 5.65.